The molecule has 0 radical (unpaired) electrons. The van der Waals surface area contributed by atoms with Crippen LogP contribution in [-0.4, -0.2) is 23.3 Å². The zero-order valence-electron chi connectivity index (χ0n) is 11.0. The molecule has 0 saturated heterocycles. The highest BCUT2D eigenvalue weighted by atomic mass is 16.5. The van der Waals surface area contributed by atoms with E-state index in [1.165, 1.54) is 11.1 Å². The Balaban J connectivity index is 1.47. The van der Waals surface area contributed by atoms with Crippen molar-refractivity contribution in [3.8, 4) is 5.75 Å². The summed E-state index contributed by atoms with van der Waals surface area (Å²) in [6.45, 7) is 4.14. The predicted octanol–water partition coefficient (Wildman–Crippen LogP) is 1.65. The van der Waals surface area contributed by atoms with E-state index in [-0.39, 0.29) is 0 Å². The largest absolute Gasteiger partial charge is 0.493 e. The Hall–Kier alpha value is -1.88. The molecule has 0 atom stereocenters. The molecule has 0 unspecified atom stereocenters. The van der Waals surface area contributed by atoms with E-state index in [0.717, 1.165) is 31.7 Å². The molecular formula is C14H17N3O2. The SMILES string of the molecule is Cc1noc(CNCCc2ccc3c(c2)CCO3)n1. The molecule has 1 aromatic heterocycles. The van der Waals surface area contributed by atoms with Crippen LogP contribution in [0.25, 0.3) is 0 Å². The van der Waals surface area contributed by atoms with Crippen LogP contribution in [0.3, 0.4) is 0 Å². The second-order valence-electron chi connectivity index (χ2n) is 4.70. The van der Waals surface area contributed by atoms with Crippen LogP contribution in [0.2, 0.25) is 0 Å². The highest BCUT2D eigenvalue weighted by molar-refractivity contribution is 5.39. The zero-order valence-corrected chi connectivity index (χ0v) is 11.0. The van der Waals surface area contributed by atoms with Crippen LogP contribution < -0.4 is 10.1 Å². The van der Waals surface area contributed by atoms with Gasteiger partial charge in [0.05, 0.1) is 13.2 Å². The zero-order chi connectivity index (χ0) is 13.1. The average molecular weight is 259 g/mol. The minimum absolute atomic E-state index is 0.620. The number of aromatic nitrogens is 2. The summed E-state index contributed by atoms with van der Waals surface area (Å²) in [4.78, 5) is 4.15. The van der Waals surface area contributed by atoms with Gasteiger partial charge in [0, 0.05) is 6.42 Å². The first-order valence-corrected chi connectivity index (χ1v) is 6.56. The number of hydrogen-bond donors (Lipinski definition) is 1. The summed E-state index contributed by atoms with van der Waals surface area (Å²) in [5, 5.41) is 7.06. The number of hydrogen-bond acceptors (Lipinski definition) is 5. The first-order valence-electron chi connectivity index (χ1n) is 6.56. The molecule has 19 heavy (non-hydrogen) atoms. The van der Waals surface area contributed by atoms with Crippen molar-refractivity contribution in [3.05, 3.63) is 41.0 Å². The Kier molecular flexibility index (Phi) is 3.46. The quantitative estimate of drug-likeness (QED) is 0.827. The molecule has 0 spiro atoms. The molecule has 0 aliphatic carbocycles. The summed E-state index contributed by atoms with van der Waals surface area (Å²) >= 11 is 0. The van der Waals surface area contributed by atoms with Crippen LogP contribution >= 0.6 is 0 Å². The maximum Gasteiger partial charge on any atom is 0.240 e. The van der Waals surface area contributed by atoms with Gasteiger partial charge in [-0.1, -0.05) is 17.3 Å². The minimum atomic E-state index is 0.620. The van der Waals surface area contributed by atoms with Crippen LogP contribution in [0, 0.1) is 6.92 Å². The van der Waals surface area contributed by atoms with Crippen LogP contribution in [0.15, 0.2) is 22.7 Å². The molecule has 2 heterocycles. The third-order valence-corrected chi connectivity index (χ3v) is 3.19. The van der Waals surface area contributed by atoms with E-state index < -0.39 is 0 Å². The summed E-state index contributed by atoms with van der Waals surface area (Å²) in [6, 6.07) is 6.43. The molecule has 0 fully saturated rings. The standard InChI is InChI=1S/C14H17N3O2/c1-10-16-14(19-17-10)9-15-6-4-11-2-3-13-12(8-11)5-7-18-13/h2-3,8,15H,4-7,9H2,1H3. The van der Waals surface area contributed by atoms with Crippen molar-refractivity contribution in [2.75, 3.05) is 13.2 Å². The Morgan fingerprint density at radius 2 is 2.32 bits per heavy atom. The third-order valence-electron chi connectivity index (χ3n) is 3.19. The van der Waals surface area contributed by atoms with Crippen LogP contribution in [0.4, 0.5) is 0 Å². The molecule has 1 aliphatic rings. The van der Waals surface area contributed by atoms with Crippen molar-refractivity contribution in [1.82, 2.24) is 15.5 Å². The predicted molar refractivity (Wildman–Crippen MR) is 70.1 cm³/mol. The number of benzene rings is 1. The maximum absolute atomic E-state index is 5.50. The molecule has 3 rings (SSSR count). The number of fused-ring (bicyclic) bond motifs is 1. The van der Waals surface area contributed by atoms with E-state index in [4.69, 9.17) is 9.26 Å². The van der Waals surface area contributed by atoms with E-state index in [1.807, 2.05) is 6.92 Å². The lowest BCUT2D eigenvalue weighted by Crippen LogP contribution is -2.16. The van der Waals surface area contributed by atoms with Crippen LogP contribution in [-0.2, 0) is 19.4 Å². The van der Waals surface area contributed by atoms with Gasteiger partial charge in [-0.15, -0.1) is 0 Å². The monoisotopic (exact) mass is 259 g/mol. The topological polar surface area (TPSA) is 60.2 Å². The fourth-order valence-corrected chi connectivity index (χ4v) is 2.24. The van der Waals surface area contributed by atoms with Gasteiger partial charge < -0.3 is 14.6 Å². The Morgan fingerprint density at radius 1 is 1.37 bits per heavy atom. The summed E-state index contributed by atoms with van der Waals surface area (Å²) in [5.41, 5.74) is 2.66. The minimum Gasteiger partial charge on any atom is -0.493 e. The van der Waals surface area contributed by atoms with Gasteiger partial charge in [0.2, 0.25) is 5.89 Å². The lowest BCUT2D eigenvalue weighted by Gasteiger charge is -2.04. The van der Waals surface area contributed by atoms with Crippen molar-refractivity contribution >= 4 is 0 Å². The van der Waals surface area contributed by atoms with Crippen molar-refractivity contribution in [2.45, 2.75) is 26.3 Å². The molecule has 5 nitrogen and oxygen atoms in total. The summed E-state index contributed by atoms with van der Waals surface area (Å²) < 4.78 is 10.5. The summed E-state index contributed by atoms with van der Waals surface area (Å²) in [5.74, 6) is 2.35. The third kappa shape index (κ3) is 2.93. The van der Waals surface area contributed by atoms with Gasteiger partial charge in [-0.3, -0.25) is 0 Å². The lowest BCUT2D eigenvalue weighted by molar-refractivity contribution is 0.357. The Labute approximate surface area is 112 Å². The molecule has 5 heteroatoms. The van der Waals surface area contributed by atoms with Gasteiger partial charge >= 0.3 is 0 Å². The highest BCUT2D eigenvalue weighted by Crippen LogP contribution is 2.25. The van der Waals surface area contributed by atoms with E-state index in [0.29, 0.717) is 18.3 Å². The van der Waals surface area contributed by atoms with Gasteiger partial charge in [0.25, 0.3) is 0 Å². The van der Waals surface area contributed by atoms with Gasteiger partial charge in [-0.05, 0) is 37.1 Å². The summed E-state index contributed by atoms with van der Waals surface area (Å²) in [6.07, 6.45) is 2.01. The van der Waals surface area contributed by atoms with Crippen molar-refractivity contribution in [1.29, 1.82) is 0 Å². The average Bonchev–Trinajstić information content (AvgIpc) is 3.03. The molecule has 100 valence electrons. The number of rotatable bonds is 5. The number of nitrogens with zero attached hydrogens (tertiary/aromatic N) is 2. The first-order chi connectivity index (χ1) is 9.31. The molecule has 1 aliphatic heterocycles. The van der Waals surface area contributed by atoms with Crippen molar-refractivity contribution < 1.29 is 9.26 Å². The van der Waals surface area contributed by atoms with Gasteiger partial charge in [0.1, 0.15) is 5.75 Å². The van der Waals surface area contributed by atoms with Crippen LogP contribution in [0.5, 0.6) is 5.75 Å². The van der Waals surface area contributed by atoms with E-state index in [9.17, 15) is 0 Å². The molecule has 0 bridgehead atoms. The number of aryl methyl sites for hydroxylation is 1. The molecule has 1 aromatic carbocycles. The van der Waals surface area contributed by atoms with Gasteiger partial charge in [0.15, 0.2) is 5.82 Å². The number of nitrogens with one attached hydrogen (secondary N) is 1. The number of ether oxygens (including phenoxy) is 1. The van der Waals surface area contributed by atoms with Crippen molar-refractivity contribution in [2.24, 2.45) is 0 Å². The Morgan fingerprint density at radius 3 is 3.16 bits per heavy atom. The lowest BCUT2D eigenvalue weighted by atomic mass is 10.1. The van der Waals surface area contributed by atoms with Gasteiger partial charge in [-0.25, -0.2) is 0 Å². The molecule has 0 amide bonds. The van der Waals surface area contributed by atoms with Crippen LogP contribution in [0.1, 0.15) is 22.8 Å². The normalized spacial score (nSPS) is 13.3. The summed E-state index contributed by atoms with van der Waals surface area (Å²) in [7, 11) is 0. The molecule has 1 N–H and O–H groups in total. The molecule has 0 saturated carbocycles. The second kappa shape index (κ2) is 5.40. The fourth-order valence-electron chi connectivity index (χ4n) is 2.24. The fraction of sp³-hybridized carbons (Fsp3) is 0.429. The smallest absolute Gasteiger partial charge is 0.240 e. The van der Waals surface area contributed by atoms with E-state index in [1.54, 1.807) is 0 Å². The second-order valence-corrected chi connectivity index (χ2v) is 4.70. The van der Waals surface area contributed by atoms with Gasteiger partial charge in [-0.2, -0.15) is 4.98 Å². The first kappa shape index (κ1) is 12.2. The Bertz CT molecular complexity index is 566. The maximum atomic E-state index is 5.50. The van der Waals surface area contributed by atoms with E-state index >= 15 is 0 Å². The molecule has 2 aromatic rings. The van der Waals surface area contributed by atoms with Crippen molar-refractivity contribution in [3.63, 3.8) is 0 Å². The highest BCUT2D eigenvalue weighted by Gasteiger charge is 2.11. The molecular weight excluding hydrogens is 242 g/mol. The van der Waals surface area contributed by atoms with E-state index in [2.05, 4.69) is 33.7 Å².